The van der Waals surface area contributed by atoms with Gasteiger partial charge in [0.25, 0.3) is 0 Å². The number of rotatable bonds is 7. The van der Waals surface area contributed by atoms with Gasteiger partial charge in [0, 0.05) is 18.7 Å². The zero-order chi connectivity index (χ0) is 22.5. The van der Waals surface area contributed by atoms with Crippen molar-refractivity contribution in [3.8, 4) is 5.75 Å². The second-order valence-corrected chi connectivity index (χ2v) is 8.42. The number of nitrogens with one attached hydrogen (secondary N) is 1. The van der Waals surface area contributed by atoms with Crippen molar-refractivity contribution in [3.05, 3.63) is 71.6 Å². The highest BCUT2D eigenvalue weighted by Crippen LogP contribution is 2.42. The molecule has 1 fully saturated rings. The van der Waals surface area contributed by atoms with Crippen LogP contribution in [0.1, 0.15) is 50.1 Å². The fourth-order valence-corrected chi connectivity index (χ4v) is 4.67. The number of anilines is 1. The topological polar surface area (TPSA) is 58.6 Å². The van der Waals surface area contributed by atoms with E-state index in [4.69, 9.17) is 4.74 Å². The molecule has 6 heteroatoms. The maximum Gasteiger partial charge on any atom is 0.228 e. The van der Waals surface area contributed by atoms with E-state index in [1.54, 1.807) is 36.3 Å². The van der Waals surface area contributed by atoms with E-state index in [9.17, 15) is 14.0 Å². The number of halogens is 1. The Kier molecular flexibility index (Phi) is 6.88. The standard InChI is InChI=1S/C26H29FN2O3/c1-32-22-13-11-21(12-14-22)29-24(30)17-23(25(29)19-7-9-20(27)10-8-19)26(31)28-16-15-18-5-3-2-4-6-18/h5,7-14,23,25H,2-4,6,15-17H2,1H3,(H,28,31)/t23-,25-/m0/s1. The van der Waals surface area contributed by atoms with Crippen LogP contribution in [0.4, 0.5) is 10.1 Å². The number of hydrogen-bond acceptors (Lipinski definition) is 3. The normalized spacial score (nSPS) is 20.8. The number of ether oxygens (including phenoxy) is 1. The SMILES string of the molecule is COc1ccc(N2C(=O)C[C@H](C(=O)NCCC3=CCCCC3)[C@@H]2c2ccc(F)cc2)cc1. The van der Waals surface area contributed by atoms with Crippen LogP contribution in [0.3, 0.4) is 0 Å². The zero-order valence-electron chi connectivity index (χ0n) is 18.4. The lowest BCUT2D eigenvalue weighted by Crippen LogP contribution is -2.36. The second kappa shape index (κ2) is 9.98. The van der Waals surface area contributed by atoms with Gasteiger partial charge in [-0.3, -0.25) is 9.59 Å². The van der Waals surface area contributed by atoms with Gasteiger partial charge in [0.2, 0.25) is 11.8 Å². The predicted molar refractivity (Wildman–Crippen MR) is 122 cm³/mol. The van der Waals surface area contributed by atoms with Crippen molar-refractivity contribution in [1.29, 1.82) is 0 Å². The van der Waals surface area contributed by atoms with E-state index < -0.39 is 12.0 Å². The van der Waals surface area contributed by atoms with Crippen LogP contribution >= 0.6 is 0 Å². The van der Waals surface area contributed by atoms with Gasteiger partial charge in [-0.15, -0.1) is 0 Å². The Labute approximate surface area is 188 Å². The third-order valence-corrected chi connectivity index (χ3v) is 6.35. The average molecular weight is 437 g/mol. The molecule has 0 radical (unpaired) electrons. The monoisotopic (exact) mass is 436 g/mol. The fourth-order valence-electron chi connectivity index (χ4n) is 4.67. The van der Waals surface area contributed by atoms with Gasteiger partial charge < -0.3 is 15.0 Å². The van der Waals surface area contributed by atoms with E-state index in [0.717, 1.165) is 24.8 Å². The van der Waals surface area contributed by atoms with Gasteiger partial charge in [0.15, 0.2) is 0 Å². The molecular formula is C26H29FN2O3. The molecule has 1 aliphatic heterocycles. The number of methoxy groups -OCH3 is 1. The van der Waals surface area contributed by atoms with Gasteiger partial charge in [0.1, 0.15) is 11.6 Å². The van der Waals surface area contributed by atoms with E-state index >= 15 is 0 Å². The number of hydrogen-bond donors (Lipinski definition) is 1. The van der Waals surface area contributed by atoms with Crippen molar-refractivity contribution in [1.82, 2.24) is 5.32 Å². The molecule has 1 aliphatic carbocycles. The van der Waals surface area contributed by atoms with E-state index in [1.807, 2.05) is 12.1 Å². The molecule has 2 aromatic carbocycles. The van der Waals surface area contributed by atoms with Crippen LogP contribution in [0.5, 0.6) is 5.75 Å². The first kappa shape index (κ1) is 22.1. The van der Waals surface area contributed by atoms with Crippen molar-refractivity contribution < 1.29 is 18.7 Å². The van der Waals surface area contributed by atoms with Crippen LogP contribution in [0, 0.1) is 11.7 Å². The molecule has 2 aliphatic rings. The fraction of sp³-hybridized carbons (Fsp3) is 0.385. The van der Waals surface area contributed by atoms with E-state index in [-0.39, 0.29) is 24.1 Å². The zero-order valence-corrected chi connectivity index (χ0v) is 18.4. The van der Waals surface area contributed by atoms with Crippen LogP contribution in [0.25, 0.3) is 0 Å². The van der Waals surface area contributed by atoms with Crippen LogP contribution in [0.2, 0.25) is 0 Å². The molecule has 5 nitrogen and oxygen atoms in total. The number of benzene rings is 2. The lowest BCUT2D eigenvalue weighted by Gasteiger charge is -2.28. The Morgan fingerprint density at radius 2 is 1.88 bits per heavy atom. The summed E-state index contributed by atoms with van der Waals surface area (Å²) >= 11 is 0. The minimum Gasteiger partial charge on any atom is -0.497 e. The quantitative estimate of drug-likeness (QED) is 0.626. The molecule has 2 aromatic rings. The maximum absolute atomic E-state index is 13.6. The summed E-state index contributed by atoms with van der Waals surface area (Å²) in [6.07, 6.45) is 7.89. The van der Waals surface area contributed by atoms with Crippen LogP contribution in [-0.4, -0.2) is 25.5 Å². The highest BCUT2D eigenvalue weighted by Gasteiger charge is 2.45. The van der Waals surface area contributed by atoms with E-state index in [1.165, 1.54) is 30.5 Å². The predicted octanol–water partition coefficient (Wildman–Crippen LogP) is 4.94. The molecule has 1 heterocycles. The summed E-state index contributed by atoms with van der Waals surface area (Å²) in [6.45, 7) is 0.564. The molecule has 2 amide bonds. The average Bonchev–Trinajstić information content (AvgIpc) is 3.17. The third-order valence-electron chi connectivity index (χ3n) is 6.35. The third kappa shape index (κ3) is 4.85. The summed E-state index contributed by atoms with van der Waals surface area (Å²) in [7, 11) is 1.58. The number of amides is 2. The number of allylic oxidation sites excluding steroid dienone is 1. The second-order valence-electron chi connectivity index (χ2n) is 8.42. The molecular weight excluding hydrogens is 407 g/mol. The first-order valence-corrected chi connectivity index (χ1v) is 11.2. The summed E-state index contributed by atoms with van der Waals surface area (Å²) < 4.78 is 18.8. The minimum absolute atomic E-state index is 0.114. The maximum atomic E-state index is 13.6. The lowest BCUT2D eigenvalue weighted by atomic mass is 9.92. The Morgan fingerprint density at radius 1 is 1.12 bits per heavy atom. The molecule has 0 spiro atoms. The molecule has 0 saturated carbocycles. The smallest absolute Gasteiger partial charge is 0.228 e. The molecule has 1 N–H and O–H groups in total. The van der Waals surface area contributed by atoms with Gasteiger partial charge >= 0.3 is 0 Å². The molecule has 0 bridgehead atoms. The van der Waals surface area contributed by atoms with Gasteiger partial charge in [0.05, 0.1) is 19.1 Å². The first-order valence-electron chi connectivity index (χ1n) is 11.2. The largest absolute Gasteiger partial charge is 0.497 e. The lowest BCUT2D eigenvalue weighted by molar-refractivity contribution is -0.126. The molecule has 168 valence electrons. The Hall–Kier alpha value is -3.15. The summed E-state index contributed by atoms with van der Waals surface area (Å²) in [5, 5.41) is 3.04. The van der Waals surface area contributed by atoms with Crippen molar-refractivity contribution in [2.75, 3.05) is 18.6 Å². The summed E-state index contributed by atoms with van der Waals surface area (Å²) in [5.74, 6) is -0.476. The van der Waals surface area contributed by atoms with Crippen molar-refractivity contribution in [3.63, 3.8) is 0 Å². The Bertz CT molecular complexity index is 985. The van der Waals surface area contributed by atoms with Crippen molar-refractivity contribution in [2.24, 2.45) is 5.92 Å². The van der Waals surface area contributed by atoms with Gasteiger partial charge in [-0.05, 0) is 74.1 Å². The Balaban J connectivity index is 1.55. The molecule has 0 unspecified atom stereocenters. The summed E-state index contributed by atoms with van der Waals surface area (Å²) in [5.41, 5.74) is 2.82. The van der Waals surface area contributed by atoms with E-state index in [2.05, 4.69) is 11.4 Å². The molecule has 4 rings (SSSR count). The summed E-state index contributed by atoms with van der Waals surface area (Å²) in [4.78, 5) is 27.9. The number of carbonyl (C=O) groups is 2. The molecule has 2 atom stereocenters. The van der Waals surface area contributed by atoms with Gasteiger partial charge in [-0.2, -0.15) is 0 Å². The van der Waals surface area contributed by atoms with Crippen LogP contribution < -0.4 is 15.0 Å². The minimum atomic E-state index is -0.546. The Morgan fingerprint density at radius 3 is 2.53 bits per heavy atom. The first-order chi connectivity index (χ1) is 15.6. The van der Waals surface area contributed by atoms with Gasteiger partial charge in [-0.25, -0.2) is 4.39 Å². The number of carbonyl (C=O) groups excluding carboxylic acids is 2. The van der Waals surface area contributed by atoms with Crippen molar-refractivity contribution in [2.45, 2.75) is 44.6 Å². The highest BCUT2D eigenvalue weighted by molar-refractivity contribution is 6.01. The van der Waals surface area contributed by atoms with E-state index in [0.29, 0.717) is 18.0 Å². The molecule has 32 heavy (non-hydrogen) atoms. The van der Waals surface area contributed by atoms with Crippen LogP contribution in [-0.2, 0) is 9.59 Å². The van der Waals surface area contributed by atoms with Crippen LogP contribution in [0.15, 0.2) is 60.2 Å². The highest BCUT2D eigenvalue weighted by atomic mass is 19.1. The molecule has 1 saturated heterocycles. The van der Waals surface area contributed by atoms with Gasteiger partial charge in [-0.1, -0.05) is 23.8 Å². The number of nitrogens with zero attached hydrogens (tertiary/aromatic N) is 1. The van der Waals surface area contributed by atoms with Crippen molar-refractivity contribution >= 4 is 17.5 Å². The summed E-state index contributed by atoms with van der Waals surface area (Å²) in [6, 6.07) is 12.7. The molecule has 0 aromatic heterocycles.